The van der Waals surface area contributed by atoms with Gasteiger partial charge in [-0.1, -0.05) is 247 Å². The van der Waals surface area contributed by atoms with Crippen molar-refractivity contribution in [1.82, 2.24) is 0 Å². The molecule has 0 radical (unpaired) electrons. The fourth-order valence-electron chi connectivity index (χ4n) is 7.91. The predicted molar refractivity (Wildman–Crippen MR) is 298 cm³/mol. The SMILES string of the molecule is CC/C=C\C/C=C\C/C=C\C/C=C\C/C=C\C/C=C\CCCCCCC(=O)OC(COCCCCCCCCCCCCCCCCCCCCCCCCCC)COP(=O)(O)OCC[N+](C)(C)C. The minimum Gasteiger partial charge on any atom is -0.457 e. The highest BCUT2D eigenvalue weighted by Crippen LogP contribution is 2.43. The molecule has 0 amide bonds. The highest BCUT2D eigenvalue weighted by Gasteiger charge is 2.26. The summed E-state index contributed by atoms with van der Waals surface area (Å²) >= 11 is 0. The quantitative estimate of drug-likeness (QED) is 0.0213. The molecule has 0 aromatic heterocycles. The van der Waals surface area contributed by atoms with Gasteiger partial charge < -0.3 is 18.9 Å². The second-order valence-corrected chi connectivity index (χ2v) is 21.8. The largest absolute Gasteiger partial charge is 0.472 e. The van der Waals surface area contributed by atoms with Crippen molar-refractivity contribution < 1.29 is 37.3 Å². The van der Waals surface area contributed by atoms with Gasteiger partial charge in [-0.2, -0.15) is 0 Å². The van der Waals surface area contributed by atoms with Crippen LogP contribution < -0.4 is 0 Å². The molecule has 0 aliphatic rings. The van der Waals surface area contributed by atoms with Crippen LogP contribution in [0.1, 0.15) is 245 Å². The van der Waals surface area contributed by atoms with Crippen molar-refractivity contribution in [3.8, 4) is 0 Å². The Labute approximate surface area is 427 Å². The molecule has 0 aliphatic carbocycles. The topological polar surface area (TPSA) is 91.3 Å². The lowest BCUT2D eigenvalue weighted by atomic mass is 10.0. The third-order valence-corrected chi connectivity index (χ3v) is 13.3. The number of nitrogens with zero attached hydrogens (tertiary/aromatic N) is 1. The van der Waals surface area contributed by atoms with Crippen LogP contribution in [0.5, 0.6) is 0 Å². The third kappa shape index (κ3) is 56.7. The average molecular weight is 990 g/mol. The van der Waals surface area contributed by atoms with Crippen LogP contribution in [0.25, 0.3) is 0 Å². The number of phosphoric acid groups is 1. The van der Waals surface area contributed by atoms with Gasteiger partial charge in [-0.15, -0.1) is 0 Å². The number of carbonyl (C=O) groups excluding carboxylic acids is 1. The van der Waals surface area contributed by atoms with Crippen LogP contribution in [0.3, 0.4) is 0 Å². The van der Waals surface area contributed by atoms with Gasteiger partial charge >= 0.3 is 13.8 Å². The van der Waals surface area contributed by atoms with Crippen LogP contribution in [0, 0.1) is 0 Å². The minimum atomic E-state index is -4.30. The number of unbranched alkanes of at least 4 members (excludes halogenated alkanes) is 27. The molecule has 69 heavy (non-hydrogen) atoms. The van der Waals surface area contributed by atoms with Crippen LogP contribution in [0.2, 0.25) is 0 Å². The second kappa shape index (κ2) is 52.3. The molecule has 0 fully saturated rings. The van der Waals surface area contributed by atoms with Crippen LogP contribution in [0.4, 0.5) is 0 Å². The van der Waals surface area contributed by atoms with Gasteiger partial charge in [0.05, 0.1) is 34.4 Å². The first-order valence-corrected chi connectivity index (χ1v) is 30.2. The summed E-state index contributed by atoms with van der Waals surface area (Å²) < 4.78 is 35.2. The van der Waals surface area contributed by atoms with Gasteiger partial charge in [0.15, 0.2) is 0 Å². The molecule has 2 unspecified atom stereocenters. The summed E-state index contributed by atoms with van der Waals surface area (Å²) in [5.74, 6) is -0.335. The Morgan fingerprint density at radius 3 is 1.26 bits per heavy atom. The molecule has 0 spiro atoms. The minimum absolute atomic E-state index is 0.0812. The van der Waals surface area contributed by atoms with Gasteiger partial charge in [-0.05, 0) is 64.2 Å². The maximum Gasteiger partial charge on any atom is 0.472 e. The van der Waals surface area contributed by atoms with Gasteiger partial charge in [-0.3, -0.25) is 13.8 Å². The normalized spacial score (nSPS) is 14.0. The van der Waals surface area contributed by atoms with Gasteiger partial charge in [0.25, 0.3) is 0 Å². The maximum absolute atomic E-state index is 12.8. The number of hydrogen-bond donors (Lipinski definition) is 1. The molecule has 9 heteroatoms. The van der Waals surface area contributed by atoms with Crippen molar-refractivity contribution in [2.75, 3.05) is 54.1 Å². The zero-order valence-corrected chi connectivity index (χ0v) is 46.7. The summed E-state index contributed by atoms with van der Waals surface area (Å²) in [5, 5.41) is 0. The molecule has 1 N–H and O–H groups in total. The summed E-state index contributed by atoms with van der Waals surface area (Å²) in [6.45, 7) is 5.51. The Kier molecular flexibility index (Phi) is 50.7. The molecule has 0 saturated heterocycles. The van der Waals surface area contributed by atoms with E-state index in [4.69, 9.17) is 18.5 Å². The van der Waals surface area contributed by atoms with E-state index in [9.17, 15) is 14.3 Å². The number of ether oxygens (including phenoxy) is 2. The van der Waals surface area contributed by atoms with E-state index in [-0.39, 0.29) is 25.8 Å². The zero-order valence-electron chi connectivity index (χ0n) is 45.8. The molecule has 0 saturated carbocycles. The van der Waals surface area contributed by atoms with E-state index < -0.39 is 13.9 Å². The molecule has 2 atom stereocenters. The standard InChI is InChI=1S/C60H110NO7P/c1-6-8-10-12-14-16-18-20-22-24-26-28-30-32-34-36-38-40-42-44-46-48-50-52-55-65-57-59(58-67-69(63,64)66-56-54-61(3,4)5)68-60(62)53-51-49-47-45-43-41-39-37-35-33-31-29-27-25-23-21-19-17-15-13-11-9-7-2/h9,11,15,17,21,23,27,29,33,35,39,41,59H,6-8,10,12-14,16,18-20,22,24-26,28,30-32,34,36-38,40,42-58H2,1-5H3/p+1/b11-9-,17-15-,23-21-,29-27-,35-33-,41-39-. The molecule has 8 nitrogen and oxygen atoms in total. The number of phosphoric ester groups is 1. The molecule has 0 aromatic rings. The third-order valence-electron chi connectivity index (χ3n) is 12.3. The monoisotopic (exact) mass is 989 g/mol. The summed E-state index contributed by atoms with van der Waals surface area (Å²) in [4.78, 5) is 23.1. The van der Waals surface area contributed by atoms with Crippen LogP contribution >= 0.6 is 7.82 Å². The molecular formula is C60H111NO7P+. The number of likely N-dealkylation sites (N-methyl/N-ethyl adjacent to an activating group) is 1. The molecule has 0 aromatic carbocycles. The molecule has 402 valence electrons. The first-order valence-electron chi connectivity index (χ1n) is 28.7. The predicted octanol–water partition coefficient (Wildman–Crippen LogP) is 18.2. The number of esters is 1. The van der Waals surface area contributed by atoms with E-state index >= 15 is 0 Å². The summed E-state index contributed by atoms with van der Waals surface area (Å²) in [5.41, 5.74) is 0. The Balaban J connectivity index is 4.13. The van der Waals surface area contributed by atoms with E-state index in [1.165, 1.54) is 141 Å². The van der Waals surface area contributed by atoms with Crippen molar-refractivity contribution in [1.29, 1.82) is 0 Å². The van der Waals surface area contributed by atoms with E-state index in [1.54, 1.807) is 0 Å². The number of rotatable bonds is 53. The fourth-order valence-corrected chi connectivity index (χ4v) is 8.65. The molecular weight excluding hydrogens is 878 g/mol. The summed E-state index contributed by atoms with van der Waals surface area (Å²) in [6.07, 6.45) is 69.7. The van der Waals surface area contributed by atoms with E-state index in [1.807, 2.05) is 21.1 Å². The second-order valence-electron chi connectivity index (χ2n) is 20.3. The van der Waals surface area contributed by atoms with E-state index in [0.717, 1.165) is 83.5 Å². The zero-order chi connectivity index (χ0) is 50.5. The van der Waals surface area contributed by atoms with Gasteiger partial charge in [0.1, 0.15) is 19.3 Å². The summed E-state index contributed by atoms with van der Waals surface area (Å²) in [6, 6.07) is 0. The van der Waals surface area contributed by atoms with Crippen LogP contribution in [0.15, 0.2) is 72.9 Å². The average Bonchev–Trinajstić information content (AvgIpc) is 3.31. The van der Waals surface area contributed by atoms with Crippen molar-refractivity contribution in [3.05, 3.63) is 72.9 Å². The lowest BCUT2D eigenvalue weighted by molar-refractivity contribution is -0.870. The first kappa shape index (κ1) is 66.9. The maximum atomic E-state index is 12.8. The lowest BCUT2D eigenvalue weighted by Crippen LogP contribution is -2.37. The number of hydrogen-bond acceptors (Lipinski definition) is 6. The van der Waals surface area contributed by atoms with Crippen molar-refractivity contribution in [2.45, 2.75) is 251 Å². The van der Waals surface area contributed by atoms with Crippen molar-refractivity contribution >= 4 is 13.8 Å². The van der Waals surface area contributed by atoms with Crippen LogP contribution in [-0.4, -0.2) is 75.6 Å². The van der Waals surface area contributed by atoms with Crippen molar-refractivity contribution in [2.24, 2.45) is 0 Å². The van der Waals surface area contributed by atoms with Gasteiger partial charge in [-0.25, -0.2) is 4.57 Å². The molecule has 0 heterocycles. The summed E-state index contributed by atoms with van der Waals surface area (Å²) in [7, 11) is 1.65. The van der Waals surface area contributed by atoms with E-state index in [0.29, 0.717) is 24.1 Å². The highest BCUT2D eigenvalue weighted by molar-refractivity contribution is 7.47. The van der Waals surface area contributed by atoms with E-state index in [2.05, 4.69) is 86.8 Å². The van der Waals surface area contributed by atoms with Crippen LogP contribution in [-0.2, 0) is 27.9 Å². The Hall–Kier alpha value is -2.06. The number of carbonyl (C=O) groups is 1. The Morgan fingerprint density at radius 2 is 0.841 bits per heavy atom. The number of quaternary nitrogens is 1. The highest BCUT2D eigenvalue weighted by atomic mass is 31.2. The van der Waals surface area contributed by atoms with Crippen molar-refractivity contribution in [3.63, 3.8) is 0 Å². The van der Waals surface area contributed by atoms with Gasteiger partial charge in [0, 0.05) is 13.0 Å². The molecule has 0 rings (SSSR count). The van der Waals surface area contributed by atoms with Gasteiger partial charge in [0.2, 0.25) is 0 Å². The number of allylic oxidation sites excluding steroid dienone is 12. The Bertz CT molecular complexity index is 1330. The lowest BCUT2D eigenvalue weighted by Gasteiger charge is -2.24. The Morgan fingerprint density at radius 1 is 0.464 bits per heavy atom. The smallest absolute Gasteiger partial charge is 0.457 e. The molecule has 0 bridgehead atoms. The first-order chi connectivity index (χ1) is 33.6. The fraction of sp³-hybridized carbons (Fsp3) is 0.783. The molecule has 0 aliphatic heterocycles.